The van der Waals surface area contributed by atoms with Crippen molar-refractivity contribution in [1.29, 1.82) is 0 Å². The van der Waals surface area contributed by atoms with Crippen molar-refractivity contribution in [2.75, 3.05) is 6.61 Å². The molecule has 0 unspecified atom stereocenters. The van der Waals surface area contributed by atoms with Crippen molar-refractivity contribution in [3.63, 3.8) is 0 Å². The van der Waals surface area contributed by atoms with Crippen molar-refractivity contribution in [3.05, 3.63) is 45.3 Å². The second-order valence-electron chi connectivity index (χ2n) is 12.5. The molecule has 1 aromatic heterocycles. The van der Waals surface area contributed by atoms with Crippen LogP contribution in [0.4, 0.5) is 0 Å². The molecule has 9 nitrogen and oxygen atoms in total. The van der Waals surface area contributed by atoms with Crippen LogP contribution in [0, 0.1) is 5.92 Å². The normalized spacial score (nSPS) is 37.8. The SMILES string of the molecule is C=C(C)[C@@H]1CC[C@]2(C)S[P@@](=S)(OC[C@H]3O[C@@H](n4ccc(=O)[nH]c4=O)[C@H](O)[C@@H]3O[Si](C)(C)C(C)(C)C)O[C@H]2C1. The lowest BCUT2D eigenvalue weighted by Crippen LogP contribution is -2.50. The van der Waals surface area contributed by atoms with E-state index in [1.165, 1.54) is 22.4 Å². The first kappa shape index (κ1) is 30.4. The summed E-state index contributed by atoms with van der Waals surface area (Å²) in [5.41, 5.74) is -2.71. The maximum atomic E-state index is 12.5. The molecule has 214 valence electrons. The lowest BCUT2D eigenvalue weighted by molar-refractivity contribution is -0.0517. The third-order valence-corrected chi connectivity index (χ3v) is 18.8. The average Bonchev–Trinajstić information content (AvgIpc) is 3.23. The zero-order valence-electron chi connectivity index (χ0n) is 23.3. The van der Waals surface area contributed by atoms with Crippen molar-refractivity contribution in [2.45, 2.75) is 107 Å². The largest absolute Gasteiger partial charge is 0.408 e. The Morgan fingerprint density at radius 2 is 2.11 bits per heavy atom. The third kappa shape index (κ3) is 6.04. The van der Waals surface area contributed by atoms with Gasteiger partial charge in [0.2, 0.25) is 5.69 Å². The molecule has 2 aliphatic heterocycles. The highest BCUT2D eigenvalue weighted by Crippen LogP contribution is 2.75. The molecule has 3 fully saturated rings. The van der Waals surface area contributed by atoms with Crippen LogP contribution < -0.4 is 11.2 Å². The van der Waals surface area contributed by atoms with Crippen molar-refractivity contribution in [2.24, 2.45) is 5.92 Å². The number of H-pyrrole nitrogens is 1. The van der Waals surface area contributed by atoms with Gasteiger partial charge >= 0.3 is 5.69 Å². The van der Waals surface area contributed by atoms with Crippen LogP contribution in [-0.4, -0.2) is 58.7 Å². The Morgan fingerprint density at radius 1 is 1.42 bits per heavy atom. The molecule has 3 aliphatic rings. The molecule has 0 amide bonds. The van der Waals surface area contributed by atoms with E-state index in [0.29, 0.717) is 5.92 Å². The summed E-state index contributed by atoms with van der Waals surface area (Å²) in [7, 11) is -2.34. The van der Waals surface area contributed by atoms with Gasteiger partial charge in [-0.1, -0.05) is 44.3 Å². The number of rotatable bonds is 7. The fraction of sp³-hybridized carbons (Fsp3) is 0.760. The van der Waals surface area contributed by atoms with Gasteiger partial charge in [-0.05, 0) is 69.0 Å². The number of fused-ring (bicyclic) bond motifs is 1. The maximum absolute atomic E-state index is 12.5. The van der Waals surface area contributed by atoms with Gasteiger partial charge < -0.3 is 23.3 Å². The molecule has 0 bridgehead atoms. The van der Waals surface area contributed by atoms with E-state index in [1.54, 1.807) is 11.4 Å². The van der Waals surface area contributed by atoms with Crippen LogP contribution in [0.15, 0.2) is 34.0 Å². The highest BCUT2D eigenvalue weighted by molar-refractivity contribution is 8.68. The van der Waals surface area contributed by atoms with Gasteiger partial charge in [0.1, 0.15) is 18.3 Å². The molecule has 1 aliphatic carbocycles. The molecule has 8 atom stereocenters. The highest BCUT2D eigenvalue weighted by Gasteiger charge is 2.55. The van der Waals surface area contributed by atoms with E-state index in [1.807, 2.05) is 0 Å². The molecule has 0 radical (unpaired) electrons. The van der Waals surface area contributed by atoms with E-state index < -0.39 is 49.8 Å². The summed E-state index contributed by atoms with van der Waals surface area (Å²) in [6.07, 6.45) is 0.597. The summed E-state index contributed by atoms with van der Waals surface area (Å²) in [4.78, 5) is 26.3. The number of aliphatic hydroxyl groups excluding tert-OH is 1. The van der Waals surface area contributed by atoms with Crippen LogP contribution in [-0.2, 0) is 30.0 Å². The Bertz CT molecular complexity index is 1230. The molecule has 0 spiro atoms. The molecule has 4 rings (SSSR count). The predicted octanol–water partition coefficient (Wildman–Crippen LogP) is 4.69. The lowest BCUT2D eigenvalue weighted by atomic mass is 9.77. The molecule has 2 saturated heterocycles. The summed E-state index contributed by atoms with van der Waals surface area (Å²) < 4.78 is 26.7. The minimum atomic E-state index is -2.69. The van der Waals surface area contributed by atoms with Crippen molar-refractivity contribution in [3.8, 4) is 0 Å². The van der Waals surface area contributed by atoms with Crippen LogP contribution in [0.2, 0.25) is 18.1 Å². The Kier molecular flexibility index (Phi) is 8.55. The number of nitrogens with zero attached hydrogens (tertiary/aromatic N) is 1. The Morgan fingerprint density at radius 3 is 2.71 bits per heavy atom. The molecule has 1 saturated carbocycles. The zero-order chi connectivity index (χ0) is 28.3. The van der Waals surface area contributed by atoms with Crippen LogP contribution in [0.3, 0.4) is 0 Å². The number of hydrogen-bond acceptors (Lipinski definition) is 9. The van der Waals surface area contributed by atoms with E-state index in [4.69, 9.17) is 30.0 Å². The van der Waals surface area contributed by atoms with Gasteiger partial charge in [0.15, 0.2) is 14.5 Å². The monoisotopic (exact) mass is 604 g/mol. The summed E-state index contributed by atoms with van der Waals surface area (Å²) in [5.74, 6) is 0.419. The van der Waals surface area contributed by atoms with Crippen LogP contribution in [0.5, 0.6) is 0 Å². The number of ether oxygens (including phenoxy) is 1. The lowest BCUT2D eigenvalue weighted by Gasteiger charge is -2.40. The van der Waals surface area contributed by atoms with Crippen molar-refractivity contribution >= 4 is 37.2 Å². The summed E-state index contributed by atoms with van der Waals surface area (Å²) in [6, 6.07) is 1.22. The van der Waals surface area contributed by atoms with Gasteiger partial charge in [-0.2, -0.15) is 0 Å². The molecular weight excluding hydrogens is 563 g/mol. The summed E-state index contributed by atoms with van der Waals surface area (Å²) in [5, 5.41) is 11.2. The Hall–Kier alpha value is -0.563. The first-order chi connectivity index (χ1) is 17.4. The third-order valence-electron chi connectivity index (χ3n) is 8.51. The Balaban J connectivity index is 1.55. The smallest absolute Gasteiger partial charge is 0.330 e. The second kappa shape index (κ2) is 10.7. The zero-order valence-corrected chi connectivity index (χ0v) is 26.8. The molecule has 0 aromatic carbocycles. The molecule has 2 N–H and O–H groups in total. The summed E-state index contributed by atoms with van der Waals surface area (Å²) >= 11 is 7.57. The van der Waals surface area contributed by atoms with Gasteiger partial charge in [-0.25, -0.2) is 4.79 Å². The molecule has 1 aromatic rings. The van der Waals surface area contributed by atoms with E-state index in [2.05, 4.69) is 59.3 Å². The number of aliphatic hydroxyl groups is 1. The summed E-state index contributed by atoms with van der Waals surface area (Å²) in [6.45, 7) is 19.0. The van der Waals surface area contributed by atoms with Crippen molar-refractivity contribution in [1.82, 2.24) is 9.55 Å². The van der Waals surface area contributed by atoms with Crippen LogP contribution in [0.1, 0.15) is 60.1 Å². The molecule has 13 heteroatoms. The first-order valence-corrected chi connectivity index (χ1v) is 20.0. The fourth-order valence-electron chi connectivity index (χ4n) is 4.98. The number of hydrogen-bond donors (Lipinski definition) is 2. The fourth-order valence-corrected chi connectivity index (χ4v) is 13.4. The molecular formula is C25H41N2O7PS2Si. The van der Waals surface area contributed by atoms with Gasteiger partial charge in [-0.15, -0.1) is 0 Å². The number of aromatic nitrogens is 2. The second-order valence-corrected chi connectivity index (χ2v) is 23.8. The van der Waals surface area contributed by atoms with E-state index in [9.17, 15) is 14.7 Å². The standard InChI is InChI=1S/C25H41N2O7PS2Si/c1-15(2)16-9-11-25(6)18(13-16)33-35(36,37-25)31-14-17-21(34-38(7,8)24(3,4)5)20(29)22(32-17)27-12-10-19(28)26-23(27)30/h10,12,16-18,20-22,29H,1,9,11,13-14H2,2-8H3,(H,26,28,30)/t16-,17-,18+,20-,21-,22-,25+,35+/m1/s1. The minimum absolute atomic E-state index is 0.00406. The van der Waals surface area contributed by atoms with Crippen molar-refractivity contribution < 1.29 is 23.3 Å². The van der Waals surface area contributed by atoms with E-state index >= 15 is 0 Å². The maximum Gasteiger partial charge on any atom is 0.330 e. The van der Waals surface area contributed by atoms with Gasteiger partial charge in [-0.3, -0.25) is 14.3 Å². The highest BCUT2D eigenvalue weighted by atomic mass is 32.9. The first-order valence-electron chi connectivity index (χ1n) is 13.1. The van der Waals surface area contributed by atoms with E-state index in [-0.39, 0.29) is 22.5 Å². The van der Waals surface area contributed by atoms with Crippen LogP contribution >= 0.6 is 17.1 Å². The van der Waals surface area contributed by atoms with E-state index in [0.717, 1.165) is 19.3 Å². The molecule has 3 heterocycles. The predicted molar refractivity (Wildman–Crippen MR) is 157 cm³/mol. The Labute approximate surface area is 234 Å². The topological polar surface area (TPSA) is 112 Å². The van der Waals surface area contributed by atoms with Gasteiger partial charge in [0.25, 0.3) is 5.56 Å². The number of nitrogens with one attached hydrogen (secondary N) is 1. The average molecular weight is 605 g/mol. The minimum Gasteiger partial charge on any atom is -0.408 e. The van der Waals surface area contributed by atoms with Crippen LogP contribution in [0.25, 0.3) is 0 Å². The molecule has 38 heavy (non-hydrogen) atoms. The number of aromatic amines is 1. The van der Waals surface area contributed by atoms with Gasteiger partial charge in [0, 0.05) is 17.0 Å². The van der Waals surface area contributed by atoms with Gasteiger partial charge in [0.05, 0.1) is 12.7 Å². The number of allylic oxidation sites excluding steroid dienone is 1. The quantitative estimate of drug-likeness (QED) is 0.260.